The summed E-state index contributed by atoms with van der Waals surface area (Å²) in [5.41, 5.74) is 0.649. The fourth-order valence-corrected chi connectivity index (χ4v) is 2.68. The van der Waals surface area contributed by atoms with E-state index in [9.17, 15) is 9.90 Å². The Hall–Kier alpha value is -2.67. The highest BCUT2D eigenvalue weighted by Gasteiger charge is 2.43. The Morgan fingerprint density at radius 3 is 2.78 bits per heavy atom. The molecule has 0 bridgehead atoms. The Bertz CT molecular complexity index is 860. The third-order valence-electron chi connectivity index (χ3n) is 4.75. The molecule has 27 heavy (non-hydrogen) atoms. The molecule has 3 rings (SSSR count). The number of carbonyl (C=O) groups is 1. The summed E-state index contributed by atoms with van der Waals surface area (Å²) in [7, 11) is 0. The smallest absolute Gasteiger partial charge is 0.266 e. The highest BCUT2D eigenvalue weighted by atomic mass is 16.5. The molecular weight excluding hydrogens is 352 g/mol. The molecule has 1 aliphatic rings. The summed E-state index contributed by atoms with van der Waals surface area (Å²) in [5, 5.41) is 30.2. The molecule has 1 saturated carbocycles. The molecule has 0 saturated heterocycles. The van der Waals surface area contributed by atoms with Gasteiger partial charge in [0.25, 0.3) is 5.91 Å². The van der Waals surface area contributed by atoms with Crippen molar-refractivity contribution >= 4 is 5.91 Å². The van der Waals surface area contributed by atoms with E-state index < -0.39 is 17.6 Å². The van der Waals surface area contributed by atoms with E-state index in [-0.39, 0.29) is 12.2 Å². The van der Waals surface area contributed by atoms with Gasteiger partial charge < -0.3 is 14.2 Å². The Balaban J connectivity index is 1.70. The zero-order valence-corrected chi connectivity index (χ0v) is 15.2. The zero-order valence-electron chi connectivity index (χ0n) is 15.2. The van der Waals surface area contributed by atoms with Crippen molar-refractivity contribution in [3.63, 3.8) is 0 Å². The number of nitrogens with zero attached hydrogens (tertiary/aromatic N) is 2. The molecule has 0 spiro atoms. The van der Waals surface area contributed by atoms with E-state index in [0.717, 1.165) is 12.8 Å². The highest BCUT2D eigenvalue weighted by Crippen LogP contribution is 2.27. The molecule has 4 N–H and O–H groups in total. The first-order valence-corrected chi connectivity index (χ1v) is 8.70. The van der Waals surface area contributed by atoms with Crippen LogP contribution in [0.25, 0.3) is 0 Å². The number of rotatable bonds is 6. The van der Waals surface area contributed by atoms with Gasteiger partial charge in [-0.1, -0.05) is 22.7 Å². The summed E-state index contributed by atoms with van der Waals surface area (Å²) < 4.78 is 10.1. The van der Waals surface area contributed by atoms with Gasteiger partial charge in [-0.3, -0.25) is 15.3 Å². The van der Waals surface area contributed by atoms with Gasteiger partial charge in [-0.05, 0) is 32.6 Å². The molecule has 2 aromatic rings. The third kappa shape index (κ3) is 4.19. The minimum atomic E-state index is -1.59. The number of nitrogens with one attached hydrogen (secondary N) is 2. The topological polar surface area (TPSA) is 134 Å². The number of hydroxylamine groups is 1. The first-order chi connectivity index (χ1) is 12.9. The van der Waals surface area contributed by atoms with Gasteiger partial charge in [-0.25, -0.2) is 5.48 Å². The van der Waals surface area contributed by atoms with E-state index in [1.165, 1.54) is 19.4 Å². The molecular formula is C18H22N4O5. The van der Waals surface area contributed by atoms with Gasteiger partial charge in [0.05, 0.1) is 5.69 Å². The second kappa shape index (κ2) is 7.92. The summed E-state index contributed by atoms with van der Waals surface area (Å²) in [5.74, 6) is 6.61. The van der Waals surface area contributed by atoms with Crippen LogP contribution in [0.4, 0.5) is 0 Å². The van der Waals surface area contributed by atoms with Gasteiger partial charge in [0.2, 0.25) is 5.76 Å². The van der Waals surface area contributed by atoms with Crippen LogP contribution in [0.2, 0.25) is 0 Å². The number of hydrogen-bond acceptors (Lipinski definition) is 8. The maximum atomic E-state index is 12.2. The van der Waals surface area contributed by atoms with Gasteiger partial charge in [0.1, 0.15) is 23.1 Å². The zero-order chi connectivity index (χ0) is 19.4. The summed E-state index contributed by atoms with van der Waals surface area (Å²) in [4.78, 5) is 12.2. The highest BCUT2D eigenvalue weighted by molar-refractivity contribution is 5.85. The molecule has 1 amide bonds. The first kappa shape index (κ1) is 19.1. The lowest BCUT2D eigenvalue weighted by molar-refractivity contribution is -0.141. The van der Waals surface area contributed by atoms with E-state index >= 15 is 0 Å². The fraction of sp³-hybridized carbons (Fsp3) is 0.500. The average molecular weight is 374 g/mol. The second-order valence-electron chi connectivity index (χ2n) is 6.84. The van der Waals surface area contributed by atoms with Crippen molar-refractivity contribution in [3.05, 3.63) is 35.0 Å². The third-order valence-corrected chi connectivity index (χ3v) is 4.75. The van der Waals surface area contributed by atoms with Crippen LogP contribution in [0.3, 0.4) is 0 Å². The molecule has 2 heterocycles. The molecule has 2 aromatic heterocycles. The molecule has 0 aromatic carbocycles. The largest absolute Gasteiger partial charge is 0.384 e. The Morgan fingerprint density at radius 1 is 1.41 bits per heavy atom. The van der Waals surface area contributed by atoms with Crippen LogP contribution in [-0.2, 0) is 11.3 Å². The van der Waals surface area contributed by atoms with E-state index in [4.69, 9.17) is 14.3 Å². The molecule has 9 nitrogen and oxygen atoms in total. The molecule has 1 aliphatic carbocycles. The summed E-state index contributed by atoms with van der Waals surface area (Å²) in [6.45, 7) is 3.21. The van der Waals surface area contributed by atoms with Crippen molar-refractivity contribution in [2.45, 2.75) is 51.3 Å². The monoisotopic (exact) mass is 374 g/mol. The van der Waals surface area contributed by atoms with Crippen LogP contribution < -0.4 is 10.8 Å². The van der Waals surface area contributed by atoms with E-state index in [1.54, 1.807) is 18.5 Å². The minimum absolute atomic E-state index is 0.104. The predicted octanol–water partition coefficient (Wildman–Crippen LogP) is 1.21. The van der Waals surface area contributed by atoms with Crippen molar-refractivity contribution in [3.8, 4) is 11.8 Å². The molecule has 144 valence electrons. The molecule has 1 fully saturated rings. The Morgan fingerprint density at radius 2 is 2.19 bits per heavy atom. The maximum Gasteiger partial charge on any atom is 0.266 e. The van der Waals surface area contributed by atoms with Crippen LogP contribution in [-0.4, -0.2) is 32.1 Å². The number of hydrogen-bond donors (Lipinski definition) is 4. The standard InChI is InChI=1S/C18H22N4O5/c1-11-8-15(22-26-11)16(23)18(2,17(24)20-25)19-10-13-9-14(27-21-13)7-6-12-4-3-5-12/h8-9,12,16,19,23,25H,3-5,10H2,1-2H3,(H,20,24). The predicted molar refractivity (Wildman–Crippen MR) is 92.1 cm³/mol. The number of amides is 1. The number of carbonyl (C=O) groups excluding carboxylic acids is 1. The van der Waals surface area contributed by atoms with Crippen molar-refractivity contribution in [1.29, 1.82) is 0 Å². The van der Waals surface area contributed by atoms with Gasteiger partial charge >= 0.3 is 0 Å². The van der Waals surface area contributed by atoms with Crippen LogP contribution in [0.5, 0.6) is 0 Å². The van der Waals surface area contributed by atoms with E-state index in [1.807, 2.05) is 0 Å². The first-order valence-electron chi connectivity index (χ1n) is 8.70. The van der Waals surface area contributed by atoms with Crippen molar-refractivity contribution < 1.29 is 24.2 Å². The number of aliphatic hydroxyl groups is 1. The van der Waals surface area contributed by atoms with Crippen LogP contribution in [0.1, 0.15) is 55.2 Å². The van der Waals surface area contributed by atoms with Gasteiger partial charge in [-0.15, -0.1) is 0 Å². The molecule has 9 heteroatoms. The summed E-state index contributed by atoms with van der Waals surface area (Å²) in [6, 6.07) is 3.18. The number of aromatic nitrogens is 2. The average Bonchev–Trinajstić information content (AvgIpc) is 3.26. The second-order valence-corrected chi connectivity index (χ2v) is 6.84. The Labute approximate surface area is 156 Å². The van der Waals surface area contributed by atoms with E-state index in [2.05, 4.69) is 27.5 Å². The number of aryl methyl sites for hydroxylation is 1. The quantitative estimate of drug-likeness (QED) is 0.337. The van der Waals surface area contributed by atoms with E-state index in [0.29, 0.717) is 23.1 Å². The fourth-order valence-electron chi connectivity index (χ4n) is 2.68. The maximum absolute atomic E-state index is 12.2. The van der Waals surface area contributed by atoms with Crippen molar-refractivity contribution in [1.82, 2.24) is 21.1 Å². The SMILES string of the molecule is Cc1cc(C(O)C(C)(NCc2cc(C#CC3CCC3)on2)C(=O)NO)no1. The van der Waals surface area contributed by atoms with Gasteiger partial charge in [0, 0.05) is 24.6 Å². The lowest BCUT2D eigenvalue weighted by Crippen LogP contribution is -2.57. The summed E-state index contributed by atoms with van der Waals surface area (Å²) in [6.07, 6.45) is 2.07. The minimum Gasteiger partial charge on any atom is -0.384 e. The summed E-state index contributed by atoms with van der Waals surface area (Å²) >= 11 is 0. The number of aliphatic hydroxyl groups excluding tert-OH is 1. The van der Waals surface area contributed by atoms with Crippen molar-refractivity contribution in [2.75, 3.05) is 0 Å². The molecule has 2 atom stereocenters. The van der Waals surface area contributed by atoms with Crippen LogP contribution >= 0.6 is 0 Å². The Kier molecular flexibility index (Phi) is 5.60. The van der Waals surface area contributed by atoms with Crippen LogP contribution in [0, 0.1) is 24.7 Å². The lowest BCUT2D eigenvalue weighted by atomic mass is 9.86. The molecule has 0 aliphatic heterocycles. The van der Waals surface area contributed by atoms with Gasteiger partial charge in [0.15, 0.2) is 0 Å². The molecule has 2 unspecified atom stereocenters. The van der Waals surface area contributed by atoms with Crippen LogP contribution in [0.15, 0.2) is 21.2 Å². The molecule has 0 radical (unpaired) electrons. The van der Waals surface area contributed by atoms with Crippen molar-refractivity contribution in [2.24, 2.45) is 5.92 Å². The normalized spacial score (nSPS) is 17.3. The lowest BCUT2D eigenvalue weighted by Gasteiger charge is -2.31. The van der Waals surface area contributed by atoms with Gasteiger partial charge in [-0.2, -0.15) is 0 Å².